The van der Waals surface area contributed by atoms with Crippen LogP contribution in [0.5, 0.6) is 0 Å². The number of amides is 1. The number of nitrogens with zero attached hydrogens (tertiary/aromatic N) is 1. The third kappa shape index (κ3) is 4.14. The molecule has 21 heavy (non-hydrogen) atoms. The summed E-state index contributed by atoms with van der Waals surface area (Å²) in [5, 5.41) is 8.66. The summed E-state index contributed by atoms with van der Waals surface area (Å²) in [6.07, 6.45) is 2.50. The Hall–Kier alpha value is -2.19. The molecule has 2 aromatic rings. The molecule has 0 aliphatic heterocycles. The van der Waals surface area contributed by atoms with Gasteiger partial charge in [-0.3, -0.25) is 9.89 Å². The number of benzene rings is 1. The normalized spacial score (nSPS) is 11.3. The molecule has 0 fully saturated rings. The lowest BCUT2D eigenvalue weighted by molar-refractivity contribution is 0.0954. The van der Waals surface area contributed by atoms with Crippen molar-refractivity contribution in [2.24, 2.45) is 0 Å². The molecule has 1 heterocycles. The van der Waals surface area contributed by atoms with Gasteiger partial charge in [-0.25, -0.2) is 13.1 Å². The van der Waals surface area contributed by atoms with Crippen LogP contribution in [-0.2, 0) is 10.0 Å². The summed E-state index contributed by atoms with van der Waals surface area (Å²) in [4.78, 5) is 11.9. The summed E-state index contributed by atoms with van der Waals surface area (Å²) in [6.45, 7) is 2.24. The second kappa shape index (κ2) is 6.51. The van der Waals surface area contributed by atoms with E-state index >= 15 is 0 Å². The van der Waals surface area contributed by atoms with E-state index in [9.17, 15) is 13.2 Å². The molecule has 0 unspecified atom stereocenters. The van der Waals surface area contributed by atoms with Crippen LogP contribution in [0.25, 0.3) is 0 Å². The molecule has 0 saturated heterocycles. The van der Waals surface area contributed by atoms with Crippen LogP contribution in [0, 0.1) is 6.92 Å². The zero-order valence-corrected chi connectivity index (χ0v) is 12.3. The third-order valence-electron chi connectivity index (χ3n) is 2.80. The van der Waals surface area contributed by atoms with Gasteiger partial charge in [0.25, 0.3) is 5.91 Å². The van der Waals surface area contributed by atoms with E-state index in [1.807, 2.05) is 19.1 Å². The summed E-state index contributed by atoms with van der Waals surface area (Å²) < 4.78 is 25.9. The fraction of sp³-hybridized carbons (Fsp3) is 0.231. The number of aromatic nitrogens is 2. The third-order valence-corrected chi connectivity index (χ3v) is 4.23. The molecule has 112 valence electrons. The smallest absolute Gasteiger partial charge is 0.251 e. The Balaban J connectivity index is 1.80. The molecule has 2 rings (SSSR count). The number of nitrogens with one attached hydrogen (secondary N) is 3. The van der Waals surface area contributed by atoms with Crippen molar-refractivity contribution >= 4 is 15.9 Å². The van der Waals surface area contributed by atoms with Gasteiger partial charge in [0, 0.05) is 24.8 Å². The van der Waals surface area contributed by atoms with Crippen LogP contribution in [-0.4, -0.2) is 37.6 Å². The summed E-state index contributed by atoms with van der Waals surface area (Å²) >= 11 is 0. The Kier molecular flexibility index (Phi) is 4.71. The second-order valence-corrected chi connectivity index (χ2v) is 6.22. The largest absolute Gasteiger partial charge is 0.351 e. The minimum absolute atomic E-state index is 0.0624. The molecule has 7 nitrogen and oxygen atoms in total. The molecule has 0 spiro atoms. The maximum atomic E-state index is 11.8. The highest BCUT2D eigenvalue weighted by Crippen LogP contribution is 2.04. The quantitative estimate of drug-likeness (QED) is 0.673. The van der Waals surface area contributed by atoms with Crippen molar-refractivity contribution in [3.05, 3.63) is 47.8 Å². The van der Waals surface area contributed by atoms with Gasteiger partial charge in [-0.05, 0) is 19.1 Å². The standard InChI is InChI=1S/C13H16N4O3S/c1-10-2-4-11(5-3-10)13(18)14-6-7-17-21(19,20)12-8-15-16-9-12/h2-5,8-9,17H,6-7H2,1H3,(H,14,18)(H,15,16). The number of rotatable bonds is 6. The predicted molar refractivity (Wildman–Crippen MR) is 77.3 cm³/mol. The Labute approximate surface area is 122 Å². The summed E-state index contributed by atoms with van der Waals surface area (Å²) in [5.41, 5.74) is 1.61. The maximum Gasteiger partial charge on any atom is 0.251 e. The molecule has 0 radical (unpaired) electrons. The summed E-state index contributed by atoms with van der Waals surface area (Å²) in [6, 6.07) is 7.13. The van der Waals surface area contributed by atoms with Crippen molar-refractivity contribution < 1.29 is 13.2 Å². The van der Waals surface area contributed by atoms with Gasteiger partial charge in [-0.1, -0.05) is 17.7 Å². The van der Waals surface area contributed by atoms with E-state index < -0.39 is 10.0 Å². The molecule has 1 amide bonds. The number of aryl methyl sites for hydroxylation is 1. The van der Waals surface area contributed by atoms with Crippen molar-refractivity contribution in [2.45, 2.75) is 11.8 Å². The minimum atomic E-state index is -3.58. The molecule has 0 saturated carbocycles. The summed E-state index contributed by atoms with van der Waals surface area (Å²) in [7, 11) is -3.58. The molecule has 8 heteroatoms. The highest BCUT2D eigenvalue weighted by atomic mass is 32.2. The lowest BCUT2D eigenvalue weighted by Gasteiger charge is -2.07. The van der Waals surface area contributed by atoms with Crippen LogP contribution in [0.15, 0.2) is 41.6 Å². The van der Waals surface area contributed by atoms with Crippen LogP contribution in [0.3, 0.4) is 0 Å². The maximum absolute atomic E-state index is 11.8. The number of sulfonamides is 1. The van der Waals surface area contributed by atoms with Gasteiger partial charge in [0.15, 0.2) is 0 Å². The van der Waals surface area contributed by atoms with Gasteiger partial charge >= 0.3 is 0 Å². The molecule has 3 N–H and O–H groups in total. The lowest BCUT2D eigenvalue weighted by atomic mass is 10.1. The molecule has 0 aliphatic carbocycles. The van der Waals surface area contributed by atoms with Crippen molar-refractivity contribution in [3.8, 4) is 0 Å². The number of carbonyl (C=O) groups excluding carboxylic acids is 1. The topological polar surface area (TPSA) is 104 Å². The first-order chi connectivity index (χ1) is 9.99. The molecular formula is C13H16N4O3S. The van der Waals surface area contributed by atoms with Gasteiger partial charge in [0.1, 0.15) is 4.90 Å². The van der Waals surface area contributed by atoms with Crippen molar-refractivity contribution in [1.29, 1.82) is 0 Å². The number of carbonyl (C=O) groups is 1. The molecule has 1 aromatic heterocycles. The van der Waals surface area contributed by atoms with Gasteiger partial charge in [-0.15, -0.1) is 0 Å². The number of H-pyrrole nitrogens is 1. The van der Waals surface area contributed by atoms with Crippen LogP contribution in [0.4, 0.5) is 0 Å². The monoisotopic (exact) mass is 308 g/mol. The molecule has 0 atom stereocenters. The number of hydrogen-bond acceptors (Lipinski definition) is 4. The second-order valence-electron chi connectivity index (χ2n) is 4.45. The van der Waals surface area contributed by atoms with E-state index in [1.54, 1.807) is 12.1 Å². The van der Waals surface area contributed by atoms with E-state index in [0.717, 1.165) is 5.56 Å². The van der Waals surface area contributed by atoms with Crippen LogP contribution in [0.1, 0.15) is 15.9 Å². The Morgan fingerprint density at radius 2 is 1.95 bits per heavy atom. The highest BCUT2D eigenvalue weighted by Gasteiger charge is 2.14. The van der Waals surface area contributed by atoms with E-state index in [-0.39, 0.29) is 23.9 Å². The van der Waals surface area contributed by atoms with Crippen LogP contribution in [0.2, 0.25) is 0 Å². The Morgan fingerprint density at radius 3 is 2.57 bits per heavy atom. The molecule has 1 aromatic carbocycles. The zero-order chi connectivity index (χ0) is 15.3. The van der Waals surface area contributed by atoms with E-state index in [4.69, 9.17) is 0 Å². The van der Waals surface area contributed by atoms with Crippen LogP contribution < -0.4 is 10.0 Å². The lowest BCUT2D eigenvalue weighted by Crippen LogP contribution is -2.34. The average molecular weight is 308 g/mol. The first-order valence-electron chi connectivity index (χ1n) is 6.32. The first kappa shape index (κ1) is 15.2. The summed E-state index contributed by atoms with van der Waals surface area (Å²) in [5.74, 6) is -0.238. The van der Waals surface area contributed by atoms with E-state index in [2.05, 4.69) is 20.2 Å². The van der Waals surface area contributed by atoms with Crippen molar-refractivity contribution in [3.63, 3.8) is 0 Å². The number of aromatic amines is 1. The van der Waals surface area contributed by atoms with Gasteiger partial charge in [-0.2, -0.15) is 5.10 Å². The van der Waals surface area contributed by atoms with E-state index in [1.165, 1.54) is 12.4 Å². The van der Waals surface area contributed by atoms with Gasteiger partial charge in [0.2, 0.25) is 10.0 Å². The zero-order valence-electron chi connectivity index (χ0n) is 11.5. The predicted octanol–water partition coefficient (Wildman–Crippen LogP) is 0.426. The Morgan fingerprint density at radius 1 is 1.24 bits per heavy atom. The van der Waals surface area contributed by atoms with Crippen LogP contribution >= 0.6 is 0 Å². The SMILES string of the molecule is Cc1ccc(C(=O)NCCNS(=O)(=O)c2cn[nH]c2)cc1. The Bertz CT molecular complexity index is 694. The first-order valence-corrected chi connectivity index (χ1v) is 7.81. The average Bonchev–Trinajstić information content (AvgIpc) is 2.99. The van der Waals surface area contributed by atoms with Crippen molar-refractivity contribution in [2.75, 3.05) is 13.1 Å². The molecule has 0 aliphatic rings. The fourth-order valence-corrected chi connectivity index (χ4v) is 2.57. The minimum Gasteiger partial charge on any atom is -0.351 e. The van der Waals surface area contributed by atoms with Crippen molar-refractivity contribution in [1.82, 2.24) is 20.2 Å². The molecular weight excluding hydrogens is 292 g/mol. The molecule has 0 bridgehead atoms. The fourth-order valence-electron chi connectivity index (χ4n) is 1.64. The van der Waals surface area contributed by atoms with Gasteiger partial charge in [0.05, 0.1) is 6.20 Å². The van der Waals surface area contributed by atoms with Gasteiger partial charge < -0.3 is 5.32 Å². The number of hydrogen-bond donors (Lipinski definition) is 3. The highest BCUT2D eigenvalue weighted by molar-refractivity contribution is 7.89. The van der Waals surface area contributed by atoms with E-state index in [0.29, 0.717) is 5.56 Å².